The zero-order valence-electron chi connectivity index (χ0n) is 22.2. The Morgan fingerprint density at radius 3 is 2.03 bits per heavy atom. The molecular weight excluding hydrogens is 506 g/mol. The fourth-order valence-electron chi connectivity index (χ4n) is 3.27. The van der Waals surface area contributed by atoms with Crippen molar-refractivity contribution in [2.75, 3.05) is 6.61 Å². The molecule has 1 aliphatic heterocycles. The minimum atomic E-state index is -1.80. The van der Waals surface area contributed by atoms with Crippen LogP contribution >= 0.6 is 0 Å². The largest absolute Gasteiger partial charge is 0.514 e. The standard InChI is InChI=1S/C25H37NO12/c1-24(2,3)37-22(32)26-15(20(30)34-12-16-17(27)18(28)19(29)21(31)36-16)11-13-7-9-14(10-8-13)35-23(33)38-25(4,5)6/h7-10,15-19,21,27-29,31H,11-12H2,1-6H3,(H,26,32)/t15-,16+,17+,18+,19+,21+/m1/s1. The summed E-state index contributed by atoms with van der Waals surface area (Å²) in [5.74, 6) is -0.721. The van der Waals surface area contributed by atoms with Crippen LogP contribution in [0.25, 0.3) is 0 Å². The maximum absolute atomic E-state index is 12.9. The fourth-order valence-corrected chi connectivity index (χ4v) is 3.27. The molecule has 0 aliphatic carbocycles. The molecular formula is C25H37NO12. The molecule has 0 aromatic heterocycles. The maximum atomic E-state index is 12.9. The number of carbonyl (C=O) groups excluding carboxylic acids is 3. The monoisotopic (exact) mass is 543 g/mol. The van der Waals surface area contributed by atoms with Crippen LogP contribution in [0, 0.1) is 0 Å². The number of nitrogens with one attached hydrogen (secondary N) is 1. The number of aliphatic hydroxyl groups is 4. The molecule has 2 rings (SSSR count). The molecule has 1 fully saturated rings. The zero-order chi connectivity index (χ0) is 28.8. The van der Waals surface area contributed by atoms with Crippen molar-refractivity contribution in [1.29, 1.82) is 0 Å². The summed E-state index contributed by atoms with van der Waals surface area (Å²) in [5, 5.41) is 41.6. The summed E-state index contributed by atoms with van der Waals surface area (Å²) in [6, 6.07) is 4.85. The molecule has 13 nitrogen and oxygen atoms in total. The van der Waals surface area contributed by atoms with Gasteiger partial charge in [0, 0.05) is 6.42 Å². The van der Waals surface area contributed by atoms with Gasteiger partial charge in [0.25, 0.3) is 0 Å². The summed E-state index contributed by atoms with van der Waals surface area (Å²) in [6.07, 6.45) is -10.0. The fraction of sp³-hybridized carbons (Fsp3) is 0.640. The average molecular weight is 544 g/mol. The Labute approximate surface area is 220 Å². The van der Waals surface area contributed by atoms with Gasteiger partial charge in [-0.2, -0.15) is 0 Å². The minimum absolute atomic E-state index is 0.0527. The summed E-state index contributed by atoms with van der Waals surface area (Å²) < 4.78 is 25.6. The number of aliphatic hydroxyl groups excluding tert-OH is 4. The van der Waals surface area contributed by atoms with Gasteiger partial charge in [-0.1, -0.05) is 12.1 Å². The first kappa shape index (κ1) is 31.2. The Morgan fingerprint density at radius 1 is 0.895 bits per heavy atom. The molecule has 1 aliphatic rings. The lowest BCUT2D eigenvalue weighted by Crippen LogP contribution is -2.59. The number of ether oxygens (including phenoxy) is 5. The van der Waals surface area contributed by atoms with Gasteiger partial charge < -0.3 is 49.4 Å². The van der Waals surface area contributed by atoms with Crippen molar-refractivity contribution in [3.05, 3.63) is 29.8 Å². The van der Waals surface area contributed by atoms with Crippen molar-refractivity contribution in [1.82, 2.24) is 5.32 Å². The summed E-state index contributed by atoms with van der Waals surface area (Å²) in [4.78, 5) is 37.1. The molecule has 6 atom stereocenters. The van der Waals surface area contributed by atoms with Crippen molar-refractivity contribution < 1.29 is 58.5 Å². The number of hydrogen-bond donors (Lipinski definition) is 5. The second-order valence-corrected chi connectivity index (χ2v) is 10.8. The minimum Gasteiger partial charge on any atom is -0.461 e. The molecule has 214 valence electrons. The Bertz CT molecular complexity index is 953. The Kier molecular flexibility index (Phi) is 10.5. The number of benzene rings is 1. The molecule has 1 heterocycles. The van der Waals surface area contributed by atoms with Gasteiger partial charge in [0.1, 0.15) is 54.0 Å². The molecule has 0 saturated carbocycles. The lowest BCUT2D eigenvalue weighted by atomic mass is 9.99. The van der Waals surface area contributed by atoms with Gasteiger partial charge in [-0.05, 0) is 59.2 Å². The molecule has 0 unspecified atom stereocenters. The van der Waals surface area contributed by atoms with E-state index in [2.05, 4.69) is 5.32 Å². The van der Waals surface area contributed by atoms with Gasteiger partial charge in [-0.25, -0.2) is 14.4 Å². The van der Waals surface area contributed by atoms with Gasteiger partial charge in [-0.3, -0.25) is 0 Å². The first-order valence-corrected chi connectivity index (χ1v) is 12.0. The summed E-state index contributed by atoms with van der Waals surface area (Å²) in [7, 11) is 0. The summed E-state index contributed by atoms with van der Waals surface area (Å²) in [5.41, 5.74) is -1.01. The van der Waals surface area contributed by atoms with Crippen molar-refractivity contribution in [3.63, 3.8) is 0 Å². The molecule has 1 aromatic rings. The quantitative estimate of drug-likeness (QED) is 0.185. The van der Waals surface area contributed by atoms with Crippen LogP contribution in [0.2, 0.25) is 0 Å². The van der Waals surface area contributed by atoms with E-state index in [1.54, 1.807) is 53.7 Å². The van der Waals surface area contributed by atoms with E-state index in [1.165, 1.54) is 12.1 Å². The Balaban J connectivity index is 2.08. The number of amides is 1. The molecule has 13 heteroatoms. The number of carbonyl (C=O) groups is 3. The first-order valence-electron chi connectivity index (χ1n) is 12.0. The van der Waals surface area contributed by atoms with Crippen molar-refractivity contribution in [2.45, 2.75) is 95.9 Å². The lowest BCUT2D eigenvalue weighted by molar-refractivity contribution is -0.287. The highest BCUT2D eigenvalue weighted by Crippen LogP contribution is 2.21. The predicted octanol–water partition coefficient (Wildman–Crippen LogP) is 0.779. The van der Waals surface area contributed by atoms with Gasteiger partial charge in [0.05, 0.1) is 0 Å². The number of hydrogen-bond acceptors (Lipinski definition) is 12. The van der Waals surface area contributed by atoms with E-state index < -0.39 is 72.8 Å². The number of alkyl carbamates (subject to hydrolysis) is 1. The molecule has 1 aromatic carbocycles. The molecule has 38 heavy (non-hydrogen) atoms. The van der Waals surface area contributed by atoms with Crippen LogP contribution < -0.4 is 10.1 Å². The topological polar surface area (TPSA) is 190 Å². The zero-order valence-corrected chi connectivity index (χ0v) is 22.2. The van der Waals surface area contributed by atoms with Gasteiger partial charge in [0.2, 0.25) is 0 Å². The van der Waals surface area contributed by atoms with Crippen LogP contribution in [-0.2, 0) is 30.2 Å². The first-order chi connectivity index (χ1) is 17.4. The molecule has 1 amide bonds. The van der Waals surface area contributed by atoms with Crippen LogP contribution in [0.15, 0.2) is 24.3 Å². The van der Waals surface area contributed by atoms with E-state index in [4.69, 9.17) is 23.7 Å². The average Bonchev–Trinajstić information content (AvgIpc) is 2.77. The highest BCUT2D eigenvalue weighted by atomic mass is 16.7. The van der Waals surface area contributed by atoms with Crippen LogP contribution in [0.1, 0.15) is 47.1 Å². The van der Waals surface area contributed by atoms with E-state index in [0.717, 1.165) is 0 Å². The van der Waals surface area contributed by atoms with Crippen molar-refractivity contribution >= 4 is 18.2 Å². The normalized spacial score (nSPS) is 24.6. The van der Waals surface area contributed by atoms with Gasteiger partial charge in [0.15, 0.2) is 6.29 Å². The molecule has 0 spiro atoms. The highest BCUT2D eigenvalue weighted by Gasteiger charge is 2.43. The summed E-state index contributed by atoms with van der Waals surface area (Å²) in [6.45, 7) is 9.45. The van der Waals surface area contributed by atoms with Crippen molar-refractivity contribution in [2.24, 2.45) is 0 Å². The van der Waals surface area contributed by atoms with E-state index in [0.29, 0.717) is 5.56 Å². The van der Waals surface area contributed by atoms with E-state index >= 15 is 0 Å². The van der Waals surface area contributed by atoms with Crippen LogP contribution in [0.4, 0.5) is 9.59 Å². The van der Waals surface area contributed by atoms with Gasteiger partial charge >= 0.3 is 18.2 Å². The number of esters is 1. The molecule has 0 radical (unpaired) electrons. The Hall–Kier alpha value is -2.97. The van der Waals surface area contributed by atoms with Crippen LogP contribution in [0.5, 0.6) is 5.75 Å². The van der Waals surface area contributed by atoms with Crippen LogP contribution in [-0.4, -0.2) is 93.2 Å². The van der Waals surface area contributed by atoms with E-state index in [9.17, 15) is 34.8 Å². The van der Waals surface area contributed by atoms with E-state index in [-0.39, 0.29) is 12.2 Å². The van der Waals surface area contributed by atoms with Crippen LogP contribution in [0.3, 0.4) is 0 Å². The Morgan fingerprint density at radius 2 is 1.47 bits per heavy atom. The number of rotatable bonds is 7. The third-order valence-electron chi connectivity index (χ3n) is 5.01. The second kappa shape index (κ2) is 12.7. The third-order valence-corrected chi connectivity index (χ3v) is 5.01. The predicted molar refractivity (Wildman–Crippen MR) is 130 cm³/mol. The molecule has 1 saturated heterocycles. The molecule has 5 N–H and O–H groups in total. The smallest absolute Gasteiger partial charge is 0.461 e. The SMILES string of the molecule is CC(C)(C)OC(=O)N[C@H](Cc1ccc(OC(=O)OC(C)(C)C)cc1)C(=O)OC[C@@H]1O[C@H](O)[C@@H](O)[C@@H](O)[C@H]1O. The molecule has 0 bridgehead atoms. The third kappa shape index (κ3) is 10.1. The summed E-state index contributed by atoms with van der Waals surface area (Å²) >= 11 is 0. The van der Waals surface area contributed by atoms with Gasteiger partial charge in [-0.15, -0.1) is 0 Å². The lowest BCUT2D eigenvalue weighted by Gasteiger charge is -2.38. The van der Waals surface area contributed by atoms with Crippen molar-refractivity contribution in [3.8, 4) is 5.75 Å². The highest BCUT2D eigenvalue weighted by molar-refractivity contribution is 5.81. The maximum Gasteiger partial charge on any atom is 0.514 e. The second-order valence-electron chi connectivity index (χ2n) is 10.8. The van der Waals surface area contributed by atoms with E-state index in [1.807, 2.05) is 0 Å².